The molecule has 3 fully saturated rings. The highest BCUT2D eigenvalue weighted by Gasteiger charge is 2.38. The first kappa shape index (κ1) is 9.24. The fraction of sp³-hybridized carbons (Fsp3) is 1.00. The van der Waals surface area contributed by atoms with E-state index in [0.717, 1.165) is 23.7 Å². The molecule has 0 spiro atoms. The molecule has 3 saturated carbocycles. The van der Waals surface area contributed by atoms with E-state index in [1.165, 1.54) is 0 Å². The van der Waals surface area contributed by atoms with E-state index in [4.69, 9.17) is 0 Å². The Kier molecular flexibility index (Phi) is 2.55. The molecule has 0 saturated heterocycles. The van der Waals surface area contributed by atoms with Gasteiger partial charge < -0.3 is 0 Å². The van der Waals surface area contributed by atoms with Crippen molar-refractivity contribution < 1.29 is 0 Å². The Morgan fingerprint density at radius 3 is 1.00 bits per heavy atom. The van der Waals surface area contributed by atoms with E-state index < -0.39 is 0 Å². The van der Waals surface area contributed by atoms with E-state index >= 15 is 0 Å². The lowest BCUT2D eigenvalue weighted by Crippen LogP contribution is -2.35. The van der Waals surface area contributed by atoms with Crippen molar-refractivity contribution in [2.45, 2.75) is 64.2 Å². The number of hydrogen-bond donors (Lipinski definition) is 0. The molecule has 3 unspecified atom stereocenters. The fourth-order valence-electron chi connectivity index (χ4n) is 4.59. The number of rotatable bonds is 0. The minimum atomic E-state index is 1.16. The number of hydrogen-bond acceptors (Lipinski definition) is 0. The molecule has 0 aromatic carbocycles. The van der Waals surface area contributed by atoms with E-state index in [2.05, 4.69) is 0 Å². The van der Waals surface area contributed by atoms with Gasteiger partial charge in [-0.2, -0.15) is 0 Å². The van der Waals surface area contributed by atoms with Crippen LogP contribution in [-0.2, 0) is 0 Å². The Morgan fingerprint density at radius 2 is 0.714 bits per heavy atom. The highest BCUT2D eigenvalue weighted by Crippen LogP contribution is 2.49. The highest BCUT2D eigenvalue weighted by atomic mass is 14.4. The third kappa shape index (κ3) is 1.61. The summed E-state index contributed by atoms with van der Waals surface area (Å²) < 4.78 is 0. The van der Waals surface area contributed by atoms with Gasteiger partial charge in [0.25, 0.3) is 0 Å². The molecule has 0 aromatic heterocycles. The van der Waals surface area contributed by atoms with Crippen LogP contribution in [0.1, 0.15) is 64.2 Å². The second-order valence-electron chi connectivity index (χ2n) is 6.08. The number of fused-ring (bicyclic) bond motifs is 2. The van der Waals surface area contributed by atoms with Gasteiger partial charge >= 0.3 is 0 Å². The standard InChI is InChI=1S/C14H24/c1-2-6-12-10-14-8-4-3-7-13(14)9-11(12)5-1/h11-14H,1-10H2/t11-,12?,13?,14?/m0/s1. The summed E-state index contributed by atoms with van der Waals surface area (Å²) in [4.78, 5) is 0. The minimum absolute atomic E-state index is 1.16. The topological polar surface area (TPSA) is 0 Å². The smallest absolute Gasteiger partial charge is 0.0383 e. The van der Waals surface area contributed by atoms with Crippen LogP contribution in [0.15, 0.2) is 0 Å². The molecule has 0 heterocycles. The van der Waals surface area contributed by atoms with E-state index in [1.807, 2.05) is 0 Å². The van der Waals surface area contributed by atoms with Gasteiger partial charge in [-0.25, -0.2) is 0 Å². The first-order valence-corrected chi connectivity index (χ1v) is 6.93. The maximum atomic E-state index is 1.62. The predicted octanol–water partition coefficient (Wildman–Crippen LogP) is 4.39. The lowest BCUT2D eigenvalue weighted by molar-refractivity contribution is 0.0520. The third-order valence-corrected chi connectivity index (χ3v) is 5.34. The fourth-order valence-corrected chi connectivity index (χ4v) is 4.59. The molecule has 80 valence electrons. The van der Waals surface area contributed by atoms with Crippen LogP contribution in [0.25, 0.3) is 0 Å². The molecule has 0 heteroatoms. The van der Waals surface area contributed by atoms with Crippen molar-refractivity contribution in [3.05, 3.63) is 0 Å². The van der Waals surface area contributed by atoms with E-state index in [9.17, 15) is 0 Å². The van der Waals surface area contributed by atoms with E-state index in [-0.39, 0.29) is 0 Å². The maximum Gasteiger partial charge on any atom is -0.0383 e. The van der Waals surface area contributed by atoms with Gasteiger partial charge in [0.2, 0.25) is 0 Å². The van der Waals surface area contributed by atoms with Crippen molar-refractivity contribution >= 4 is 0 Å². The average Bonchev–Trinajstić information content (AvgIpc) is 2.26. The molecule has 3 aliphatic carbocycles. The van der Waals surface area contributed by atoms with Crippen molar-refractivity contribution in [2.75, 3.05) is 0 Å². The van der Waals surface area contributed by atoms with Gasteiger partial charge in [-0.05, 0) is 36.5 Å². The van der Waals surface area contributed by atoms with Crippen LogP contribution in [0, 0.1) is 23.7 Å². The molecule has 0 aromatic rings. The molecule has 4 atom stereocenters. The quantitative estimate of drug-likeness (QED) is 0.534. The van der Waals surface area contributed by atoms with Crippen LogP contribution in [0.5, 0.6) is 0 Å². The van der Waals surface area contributed by atoms with E-state index in [0.29, 0.717) is 0 Å². The lowest BCUT2D eigenvalue weighted by atomic mass is 9.60. The first-order valence-electron chi connectivity index (χ1n) is 6.93. The molecule has 0 aliphatic heterocycles. The Labute approximate surface area is 88.5 Å². The van der Waals surface area contributed by atoms with Gasteiger partial charge in [0.15, 0.2) is 0 Å². The molecule has 0 amide bonds. The van der Waals surface area contributed by atoms with Gasteiger partial charge in [0.1, 0.15) is 0 Å². The van der Waals surface area contributed by atoms with Gasteiger partial charge in [-0.1, -0.05) is 51.4 Å². The molecule has 0 radical (unpaired) electrons. The van der Waals surface area contributed by atoms with Crippen molar-refractivity contribution in [3.63, 3.8) is 0 Å². The van der Waals surface area contributed by atoms with E-state index in [1.54, 1.807) is 64.2 Å². The predicted molar refractivity (Wildman–Crippen MR) is 60.1 cm³/mol. The zero-order valence-electron chi connectivity index (χ0n) is 9.38. The molecule has 0 N–H and O–H groups in total. The highest BCUT2D eigenvalue weighted by molar-refractivity contribution is 4.89. The van der Waals surface area contributed by atoms with Crippen molar-refractivity contribution in [1.82, 2.24) is 0 Å². The Balaban J connectivity index is 1.68. The van der Waals surface area contributed by atoms with Crippen molar-refractivity contribution in [1.29, 1.82) is 0 Å². The SMILES string of the molecule is C1CCC2C[C@@H]3CCCCC3CC2C1. The average molecular weight is 192 g/mol. The van der Waals surface area contributed by atoms with Gasteiger partial charge in [-0.3, -0.25) is 0 Å². The van der Waals surface area contributed by atoms with Crippen LogP contribution < -0.4 is 0 Å². The zero-order chi connectivity index (χ0) is 9.38. The second kappa shape index (κ2) is 3.87. The largest absolute Gasteiger partial charge is 0.0530 e. The molecular weight excluding hydrogens is 168 g/mol. The Morgan fingerprint density at radius 1 is 0.429 bits per heavy atom. The lowest BCUT2D eigenvalue weighted by Gasteiger charge is -2.46. The summed E-state index contributed by atoms with van der Waals surface area (Å²) >= 11 is 0. The Hall–Kier alpha value is 0. The summed E-state index contributed by atoms with van der Waals surface area (Å²) in [6.07, 6.45) is 15.7. The summed E-state index contributed by atoms with van der Waals surface area (Å²) in [6.45, 7) is 0. The third-order valence-electron chi connectivity index (χ3n) is 5.34. The van der Waals surface area contributed by atoms with Crippen LogP contribution in [-0.4, -0.2) is 0 Å². The van der Waals surface area contributed by atoms with Crippen LogP contribution in [0.2, 0.25) is 0 Å². The summed E-state index contributed by atoms with van der Waals surface area (Å²) in [5.74, 6) is 4.62. The minimum Gasteiger partial charge on any atom is -0.0530 e. The summed E-state index contributed by atoms with van der Waals surface area (Å²) in [5, 5.41) is 0. The Bertz CT molecular complexity index is 154. The van der Waals surface area contributed by atoms with Crippen molar-refractivity contribution in [3.8, 4) is 0 Å². The summed E-state index contributed by atoms with van der Waals surface area (Å²) in [5.41, 5.74) is 0. The zero-order valence-corrected chi connectivity index (χ0v) is 9.38. The molecule has 0 nitrogen and oxygen atoms in total. The van der Waals surface area contributed by atoms with Crippen molar-refractivity contribution in [2.24, 2.45) is 23.7 Å². The molecule has 3 aliphatic rings. The molecule has 14 heavy (non-hydrogen) atoms. The molecular formula is C14H24. The first-order chi connectivity index (χ1) is 6.93. The van der Waals surface area contributed by atoms with Gasteiger partial charge in [-0.15, -0.1) is 0 Å². The van der Waals surface area contributed by atoms with Gasteiger partial charge in [0, 0.05) is 0 Å². The monoisotopic (exact) mass is 192 g/mol. The van der Waals surface area contributed by atoms with Crippen LogP contribution >= 0.6 is 0 Å². The molecule has 0 bridgehead atoms. The normalized spacial score (nSPS) is 48.0. The van der Waals surface area contributed by atoms with Gasteiger partial charge in [0.05, 0.1) is 0 Å². The second-order valence-corrected chi connectivity index (χ2v) is 6.08. The van der Waals surface area contributed by atoms with Crippen LogP contribution in [0.3, 0.4) is 0 Å². The maximum absolute atomic E-state index is 1.62. The van der Waals surface area contributed by atoms with Crippen LogP contribution in [0.4, 0.5) is 0 Å². The molecule has 3 rings (SSSR count). The summed E-state index contributed by atoms with van der Waals surface area (Å²) in [6, 6.07) is 0. The summed E-state index contributed by atoms with van der Waals surface area (Å²) in [7, 11) is 0.